The van der Waals surface area contributed by atoms with Crippen LogP contribution in [0.5, 0.6) is 0 Å². The number of carbonyl (C=O) groups is 1. The number of ether oxygens (including phenoxy) is 3. The summed E-state index contributed by atoms with van der Waals surface area (Å²) in [6.07, 6.45) is 8.17. The first-order valence-corrected chi connectivity index (χ1v) is 21.2. The van der Waals surface area contributed by atoms with Crippen molar-refractivity contribution in [1.82, 2.24) is 0 Å². The highest BCUT2D eigenvalue weighted by Crippen LogP contribution is 2.72. The normalized spacial score (nSPS) is 50.1. The summed E-state index contributed by atoms with van der Waals surface area (Å²) in [6.45, 7) is 9.15. The third-order valence-electron chi connectivity index (χ3n) is 17.0. The van der Waals surface area contributed by atoms with Crippen molar-refractivity contribution < 1.29 is 34.3 Å². The van der Waals surface area contributed by atoms with E-state index in [2.05, 4.69) is 56.6 Å². The molecule has 5 heterocycles. The van der Waals surface area contributed by atoms with Gasteiger partial charge in [0.25, 0.3) is 0 Å². The van der Waals surface area contributed by atoms with Crippen LogP contribution in [0.15, 0.2) is 42.0 Å². The number of benzene rings is 1. The van der Waals surface area contributed by atoms with Crippen LogP contribution >= 0.6 is 0 Å². The number of allylic oxidation sites excluding steroid dienone is 1. The molecule has 11 rings (SSSR count). The van der Waals surface area contributed by atoms with Gasteiger partial charge in [0.05, 0.1) is 42.0 Å². The summed E-state index contributed by atoms with van der Waals surface area (Å²) in [5.74, 6) is 13.7. The lowest BCUT2D eigenvalue weighted by molar-refractivity contribution is -0.219. The lowest BCUT2D eigenvalue weighted by Gasteiger charge is -2.64. The molecule has 10 aliphatic rings. The Bertz CT molecular complexity index is 1770. The van der Waals surface area contributed by atoms with E-state index in [-0.39, 0.29) is 65.3 Å². The second kappa shape index (κ2) is 13.6. The van der Waals surface area contributed by atoms with Gasteiger partial charge in [0, 0.05) is 17.8 Å². The Kier molecular flexibility index (Phi) is 9.33. The van der Waals surface area contributed by atoms with Gasteiger partial charge >= 0.3 is 0 Å². The molecule has 0 radical (unpaired) electrons. The van der Waals surface area contributed by atoms with E-state index in [4.69, 9.17) is 14.2 Å². The number of rotatable bonds is 2. The quantitative estimate of drug-likeness (QED) is 0.303. The molecule has 5 aliphatic carbocycles. The Hall–Kier alpha value is -2.49. The molecule has 0 unspecified atom stereocenters. The third kappa shape index (κ3) is 5.43. The summed E-state index contributed by atoms with van der Waals surface area (Å²) in [7, 11) is 0. The van der Waals surface area contributed by atoms with E-state index in [1.165, 1.54) is 12.8 Å². The zero-order valence-electron chi connectivity index (χ0n) is 32.6. The van der Waals surface area contributed by atoms with E-state index in [0.29, 0.717) is 38.2 Å². The molecule has 54 heavy (non-hydrogen) atoms. The van der Waals surface area contributed by atoms with Crippen LogP contribution in [0.2, 0.25) is 0 Å². The lowest BCUT2D eigenvalue weighted by Crippen LogP contribution is -2.66. The minimum atomic E-state index is -1.54. The highest BCUT2D eigenvalue weighted by atomic mass is 16.5. The van der Waals surface area contributed by atoms with Gasteiger partial charge in [0.1, 0.15) is 18.8 Å². The summed E-state index contributed by atoms with van der Waals surface area (Å²) in [6, 6.07) is 10.3. The molecular weight excluding hydrogens is 677 g/mol. The molecule has 1 aromatic rings. The zero-order chi connectivity index (χ0) is 37.6. The molecule has 7 nitrogen and oxygen atoms in total. The lowest BCUT2D eigenvalue weighted by atomic mass is 9.42. The fraction of sp³-hybridized carbons (Fsp3) is 0.723. The molecule has 1 saturated heterocycles. The van der Waals surface area contributed by atoms with E-state index in [1.54, 1.807) is 0 Å². The maximum Gasteiger partial charge on any atom is 0.159 e. The Morgan fingerprint density at radius 1 is 0.889 bits per heavy atom. The minimum Gasteiger partial charge on any atom is -0.387 e. The predicted octanol–water partition coefficient (Wildman–Crippen LogP) is 6.39. The molecular formula is C47H60O7. The van der Waals surface area contributed by atoms with Crippen LogP contribution in [0.4, 0.5) is 0 Å². The maximum atomic E-state index is 14.5. The van der Waals surface area contributed by atoms with Crippen LogP contribution in [0.1, 0.15) is 110 Å². The molecule has 7 heteroatoms. The molecule has 5 fully saturated rings. The second-order valence-corrected chi connectivity index (χ2v) is 19.2. The first-order chi connectivity index (χ1) is 25.9. The van der Waals surface area contributed by atoms with Crippen LogP contribution < -0.4 is 0 Å². The Morgan fingerprint density at radius 3 is 2.44 bits per heavy atom. The van der Waals surface area contributed by atoms with Gasteiger partial charge in [-0.1, -0.05) is 94.5 Å². The van der Waals surface area contributed by atoms with Crippen LogP contribution in [0, 0.1) is 75.9 Å². The summed E-state index contributed by atoms with van der Waals surface area (Å²) >= 11 is 0. The van der Waals surface area contributed by atoms with Gasteiger partial charge in [0.15, 0.2) is 5.78 Å². The molecule has 3 N–H and O–H groups in total. The van der Waals surface area contributed by atoms with Crippen molar-refractivity contribution in [2.45, 2.75) is 146 Å². The first-order valence-electron chi connectivity index (χ1n) is 21.2. The number of hydrogen-bond acceptors (Lipinski definition) is 7. The number of hydrogen-bond donors (Lipinski definition) is 3. The van der Waals surface area contributed by atoms with Crippen molar-refractivity contribution >= 4 is 5.78 Å². The molecule has 0 aromatic heterocycles. The van der Waals surface area contributed by atoms with Gasteiger partial charge < -0.3 is 29.5 Å². The van der Waals surface area contributed by atoms with Crippen LogP contribution in [0.3, 0.4) is 0 Å². The molecule has 0 amide bonds. The SMILES string of the molecule is C[C@H]1[C@@H]2O[C@@H]([C@@H]1C1CCCC1)[C@H](O)C#CC[C@@H]1C[C@H]3C4=CC(=O)[C@@H]5C[C@H](CC[C@@]53C)OC[C@H](c3ccccc3)C#CCO[C@]43CC[C@H]([C@](C)(O)[C@@H]2O)[C@@]13C. The molecule has 290 valence electrons. The van der Waals surface area contributed by atoms with Crippen molar-refractivity contribution in [2.75, 3.05) is 13.2 Å². The fourth-order valence-electron chi connectivity index (χ4n) is 14.1. The maximum absolute atomic E-state index is 14.5. The largest absolute Gasteiger partial charge is 0.387 e. The number of aliphatic hydroxyl groups is 3. The predicted molar refractivity (Wildman–Crippen MR) is 205 cm³/mol. The highest BCUT2D eigenvalue weighted by Gasteiger charge is 2.73. The molecule has 16 atom stereocenters. The highest BCUT2D eigenvalue weighted by molar-refractivity contribution is 5.95. The van der Waals surface area contributed by atoms with E-state index in [9.17, 15) is 20.1 Å². The van der Waals surface area contributed by atoms with E-state index < -0.39 is 41.0 Å². The van der Waals surface area contributed by atoms with Gasteiger partial charge in [-0.2, -0.15) is 0 Å². The van der Waals surface area contributed by atoms with Crippen molar-refractivity contribution in [3.8, 4) is 23.7 Å². The van der Waals surface area contributed by atoms with Gasteiger partial charge in [0.2, 0.25) is 0 Å². The Labute approximate surface area is 322 Å². The molecule has 5 aliphatic heterocycles. The smallest absolute Gasteiger partial charge is 0.159 e. The molecule has 1 spiro atoms. The minimum absolute atomic E-state index is 0.00817. The van der Waals surface area contributed by atoms with Crippen molar-refractivity contribution in [1.29, 1.82) is 0 Å². The third-order valence-corrected chi connectivity index (χ3v) is 17.0. The Morgan fingerprint density at radius 2 is 1.67 bits per heavy atom. The zero-order valence-corrected chi connectivity index (χ0v) is 32.6. The Balaban J connectivity index is 1.18. The fourth-order valence-corrected chi connectivity index (χ4v) is 14.1. The van der Waals surface area contributed by atoms with E-state index in [1.807, 2.05) is 31.2 Å². The van der Waals surface area contributed by atoms with E-state index in [0.717, 1.165) is 43.2 Å². The molecule has 4 saturated carbocycles. The van der Waals surface area contributed by atoms with Crippen molar-refractivity contribution in [2.24, 2.45) is 52.3 Å². The van der Waals surface area contributed by atoms with Crippen LogP contribution in [-0.2, 0) is 19.0 Å². The number of ketones is 1. The standard InChI is InChI=1S/C47H60O7/c1-28-40(30-14-8-9-15-30)42-37(48)18-10-17-32-24-34-35-26-38(49)36-25-33(19-21-44(34,36)2)52-27-31(29-12-6-5-7-13-29)16-11-23-53-47(35)22-20-39(45(32,47)3)46(4,51)43(50)41(28)54-42/h5-7,12-13,26,28,30-34,36-37,39-43,48,50-51H,8-9,14-15,17,19-25,27H2,1-4H3/t28-,31-,32-,33+,34+,36+,37-,39+,40+,41+,42-,43-,44-,45-,46+,47-/m1/s1. The van der Waals surface area contributed by atoms with Gasteiger partial charge in [-0.15, -0.1) is 5.92 Å². The summed E-state index contributed by atoms with van der Waals surface area (Å²) in [5.41, 5.74) is -1.25. The molecule has 1 aromatic carbocycles. The van der Waals surface area contributed by atoms with E-state index >= 15 is 0 Å². The summed E-state index contributed by atoms with van der Waals surface area (Å²) < 4.78 is 20.6. The van der Waals surface area contributed by atoms with Crippen LogP contribution in [0.25, 0.3) is 0 Å². The number of aliphatic hydroxyl groups excluding tert-OH is 2. The molecule has 8 bridgehead atoms. The van der Waals surface area contributed by atoms with Crippen molar-refractivity contribution in [3.63, 3.8) is 0 Å². The average Bonchev–Trinajstić information content (AvgIpc) is 3.88. The van der Waals surface area contributed by atoms with Crippen molar-refractivity contribution in [3.05, 3.63) is 47.5 Å². The second-order valence-electron chi connectivity index (χ2n) is 19.2. The van der Waals surface area contributed by atoms with Gasteiger partial charge in [-0.3, -0.25) is 4.79 Å². The first kappa shape index (κ1) is 37.1. The van der Waals surface area contributed by atoms with Gasteiger partial charge in [-0.05, 0) is 104 Å². The monoisotopic (exact) mass is 736 g/mol. The summed E-state index contributed by atoms with van der Waals surface area (Å²) in [5, 5.41) is 37.2. The topological polar surface area (TPSA) is 105 Å². The average molecular weight is 737 g/mol. The number of carbonyl (C=O) groups excluding carboxylic acids is 1. The van der Waals surface area contributed by atoms with Gasteiger partial charge in [-0.25, -0.2) is 0 Å². The summed E-state index contributed by atoms with van der Waals surface area (Å²) in [4.78, 5) is 14.5. The number of fused-ring (bicyclic) bond motifs is 4. The van der Waals surface area contributed by atoms with Crippen LogP contribution in [-0.4, -0.2) is 76.0 Å².